The predicted molar refractivity (Wildman–Crippen MR) is 56.8 cm³/mol. The molecule has 2 nitrogen and oxygen atoms in total. The maximum Gasteiger partial charge on any atom is 0.111 e. The lowest BCUT2D eigenvalue weighted by molar-refractivity contribution is 0.0696. The molecule has 1 aliphatic heterocycles. The minimum Gasteiger partial charge on any atom is -0.285 e. The van der Waals surface area contributed by atoms with Crippen molar-refractivity contribution in [1.29, 1.82) is 5.26 Å². The zero-order valence-corrected chi connectivity index (χ0v) is 9.34. The summed E-state index contributed by atoms with van der Waals surface area (Å²) in [4.78, 5) is 2.42. The van der Waals surface area contributed by atoms with E-state index in [9.17, 15) is 5.26 Å². The smallest absolute Gasteiger partial charge is 0.111 e. The highest BCUT2D eigenvalue weighted by Crippen LogP contribution is 2.56. The Balaban J connectivity index is 2.15. The van der Waals surface area contributed by atoms with Crippen LogP contribution in [0.2, 0.25) is 0 Å². The van der Waals surface area contributed by atoms with Gasteiger partial charge in [-0.25, -0.2) is 0 Å². The molecule has 0 aromatic carbocycles. The molecule has 0 bridgehead atoms. The van der Waals surface area contributed by atoms with Gasteiger partial charge < -0.3 is 0 Å². The summed E-state index contributed by atoms with van der Waals surface area (Å²) >= 11 is 0. The largest absolute Gasteiger partial charge is 0.285 e. The van der Waals surface area contributed by atoms with Crippen LogP contribution in [-0.4, -0.2) is 23.5 Å². The first-order valence-electron chi connectivity index (χ1n) is 5.79. The highest BCUT2D eigenvalue weighted by Gasteiger charge is 2.56. The Labute approximate surface area is 86.9 Å². The highest BCUT2D eigenvalue weighted by atomic mass is 15.2. The Morgan fingerprint density at radius 3 is 2.21 bits per heavy atom. The van der Waals surface area contributed by atoms with E-state index in [4.69, 9.17) is 0 Å². The standard InChI is InChI=1S/C12H20N2/c1-11(6-7-11)12(2,10-13)14-8-4-3-5-9-14/h3-9H2,1-2H3. The molecule has 1 unspecified atom stereocenters. The van der Waals surface area contributed by atoms with Crippen molar-refractivity contribution in [2.45, 2.75) is 51.5 Å². The van der Waals surface area contributed by atoms with Crippen molar-refractivity contribution in [1.82, 2.24) is 4.90 Å². The summed E-state index contributed by atoms with van der Waals surface area (Å²) < 4.78 is 0. The van der Waals surface area contributed by atoms with Crippen molar-refractivity contribution in [3.05, 3.63) is 0 Å². The van der Waals surface area contributed by atoms with E-state index in [1.165, 1.54) is 32.1 Å². The monoisotopic (exact) mass is 192 g/mol. The van der Waals surface area contributed by atoms with Crippen molar-refractivity contribution in [3.8, 4) is 6.07 Å². The van der Waals surface area contributed by atoms with E-state index in [-0.39, 0.29) is 11.0 Å². The average Bonchev–Trinajstić information content (AvgIpc) is 2.98. The summed E-state index contributed by atoms with van der Waals surface area (Å²) in [5, 5.41) is 9.42. The summed E-state index contributed by atoms with van der Waals surface area (Å²) in [5.74, 6) is 0. The summed E-state index contributed by atoms with van der Waals surface area (Å²) in [6.45, 7) is 6.66. The summed E-state index contributed by atoms with van der Waals surface area (Å²) in [6.07, 6.45) is 6.34. The molecular weight excluding hydrogens is 172 g/mol. The molecule has 14 heavy (non-hydrogen) atoms. The Morgan fingerprint density at radius 2 is 1.79 bits per heavy atom. The Hall–Kier alpha value is -0.550. The molecule has 1 saturated carbocycles. The summed E-state index contributed by atoms with van der Waals surface area (Å²) in [7, 11) is 0. The van der Waals surface area contributed by atoms with Crippen molar-refractivity contribution >= 4 is 0 Å². The number of likely N-dealkylation sites (tertiary alicyclic amines) is 1. The molecule has 0 aromatic rings. The number of rotatable bonds is 2. The first-order chi connectivity index (χ1) is 6.62. The molecule has 1 heterocycles. The molecule has 0 spiro atoms. The number of nitrogens with zero attached hydrogens (tertiary/aromatic N) is 2. The number of hydrogen-bond donors (Lipinski definition) is 0. The quantitative estimate of drug-likeness (QED) is 0.672. The van der Waals surface area contributed by atoms with Gasteiger partial charge in [-0.05, 0) is 51.1 Å². The second kappa shape index (κ2) is 3.24. The molecule has 1 saturated heterocycles. The second-order valence-electron chi connectivity index (χ2n) is 5.29. The number of nitriles is 1. The SMILES string of the molecule is CC1(C(C)(C#N)N2CCCCC2)CC1. The van der Waals surface area contributed by atoms with E-state index in [0.717, 1.165) is 13.1 Å². The van der Waals surface area contributed by atoms with Crippen molar-refractivity contribution in [2.24, 2.45) is 5.41 Å². The van der Waals surface area contributed by atoms with Crippen LogP contribution in [0.25, 0.3) is 0 Å². The van der Waals surface area contributed by atoms with Gasteiger partial charge in [-0.15, -0.1) is 0 Å². The molecule has 0 N–H and O–H groups in total. The lowest BCUT2D eigenvalue weighted by Crippen LogP contribution is -2.53. The van der Waals surface area contributed by atoms with Crippen LogP contribution in [0.3, 0.4) is 0 Å². The second-order valence-corrected chi connectivity index (χ2v) is 5.29. The topological polar surface area (TPSA) is 27.0 Å². The lowest BCUT2D eigenvalue weighted by atomic mass is 9.82. The van der Waals surface area contributed by atoms with Gasteiger partial charge in [0.15, 0.2) is 0 Å². The Kier molecular flexibility index (Phi) is 2.31. The van der Waals surface area contributed by atoms with Crippen LogP contribution >= 0.6 is 0 Å². The van der Waals surface area contributed by atoms with E-state index in [2.05, 4.69) is 24.8 Å². The maximum atomic E-state index is 9.42. The van der Waals surface area contributed by atoms with Gasteiger partial charge >= 0.3 is 0 Å². The fourth-order valence-corrected chi connectivity index (χ4v) is 2.60. The molecule has 1 aliphatic carbocycles. The fourth-order valence-electron chi connectivity index (χ4n) is 2.60. The molecule has 2 aliphatic rings. The van der Waals surface area contributed by atoms with Crippen molar-refractivity contribution in [2.75, 3.05) is 13.1 Å². The third-order valence-corrected chi connectivity index (χ3v) is 4.38. The third-order valence-electron chi connectivity index (χ3n) is 4.38. The molecular formula is C12H20N2. The minimum absolute atomic E-state index is 0.201. The van der Waals surface area contributed by atoms with Crippen LogP contribution in [0.15, 0.2) is 0 Å². The van der Waals surface area contributed by atoms with Crippen molar-refractivity contribution < 1.29 is 0 Å². The van der Waals surface area contributed by atoms with Gasteiger partial charge in [0, 0.05) is 0 Å². The van der Waals surface area contributed by atoms with Gasteiger partial charge in [0.05, 0.1) is 6.07 Å². The summed E-state index contributed by atoms with van der Waals surface area (Å²) in [6, 6.07) is 2.58. The highest BCUT2D eigenvalue weighted by molar-refractivity contribution is 5.20. The first kappa shape index (κ1) is 9.98. The molecule has 2 rings (SSSR count). The molecule has 0 amide bonds. The molecule has 2 heteroatoms. The number of piperidine rings is 1. The molecule has 0 aromatic heterocycles. The van der Waals surface area contributed by atoms with E-state index >= 15 is 0 Å². The van der Waals surface area contributed by atoms with Gasteiger partial charge in [-0.2, -0.15) is 5.26 Å². The van der Waals surface area contributed by atoms with E-state index in [1.54, 1.807) is 0 Å². The van der Waals surface area contributed by atoms with E-state index in [1.807, 2.05) is 0 Å². The van der Waals surface area contributed by atoms with E-state index < -0.39 is 0 Å². The lowest BCUT2D eigenvalue weighted by Gasteiger charge is -2.42. The summed E-state index contributed by atoms with van der Waals surface area (Å²) in [5.41, 5.74) is 0.0759. The fraction of sp³-hybridized carbons (Fsp3) is 0.917. The molecule has 0 radical (unpaired) electrons. The zero-order chi connectivity index (χ0) is 10.2. The minimum atomic E-state index is -0.201. The third kappa shape index (κ3) is 1.35. The Bertz CT molecular complexity index is 256. The number of hydrogen-bond acceptors (Lipinski definition) is 2. The van der Waals surface area contributed by atoms with Gasteiger partial charge in [0.25, 0.3) is 0 Å². The predicted octanol–water partition coefficient (Wildman–Crippen LogP) is 2.55. The van der Waals surface area contributed by atoms with Crippen LogP contribution in [0.5, 0.6) is 0 Å². The van der Waals surface area contributed by atoms with E-state index in [0.29, 0.717) is 0 Å². The van der Waals surface area contributed by atoms with Gasteiger partial charge in [-0.3, -0.25) is 4.90 Å². The Morgan fingerprint density at radius 1 is 1.21 bits per heavy atom. The van der Waals surface area contributed by atoms with Gasteiger partial charge in [-0.1, -0.05) is 13.3 Å². The van der Waals surface area contributed by atoms with Gasteiger partial charge in [0.2, 0.25) is 0 Å². The van der Waals surface area contributed by atoms with Crippen LogP contribution in [-0.2, 0) is 0 Å². The van der Waals surface area contributed by atoms with Crippen LogP contribution in [0.1, 0.15) is 46.0 Å². The van der Waals surface area contributed by atoms with Crippen LogP contribution < -0.4 is 0 Å². The zero-order valence-electron chi connectivity index (χ0n) is 9.34. The van der Waals surface area contributed by atoms with Gasteiger partial charge in [0.1, 0.15) is 5.54 Å². The average molecular weight is 192 g/mol. The molecule has 2 fully saturated rings. The molecule has 78 valence electrons. The molecule has 1 atom stereocenters. The normalized spacial score (nSPS) is 30.4. The van der Waals surface area contributed by atoms with Crippen LogP contribution in [0, 0.1) is 16.7 Å². The van der Waals surface area contributed by atoms with Crippen molar-refractivity contribution in [3.63, 3.8) is 0 Å². The first-order valence-corrected chi connectivity index (χ1v) is 5.79. The van der Waals surface area contributed by atoms with Crippen LogP contribution in [0.4, 0.5) is 0 Å². The maximum absolute atomic E-state index is 9.42.